The Morgan fingerprint density at radius 2 is 1.92 bits per heavy atom. The lowest BCUT2D eigenvalue weighted by atomic mass is 9.69. The molecule has 0 amide bonds. The summed E-state index contributed by atoms with van der Waals surface area (Å²) in [4.78, 5) is 0. The van der Waals surface area contributed by atoms with E-state index in [9.17, 15) is 8.78 Å². The highest BCUT2D eigenvalue weighted by Gasteiger charge is 2.63. The van der Waals surface area contributed by atoms with Crippen LogP contribution in [-0.4, -0.2) is 23.9 Å². The standard InChI is InChI=1S/C19H20F2N2O/c1-18(2)12-7-8-19(18,10-24-3)17-11(12)9-15(22-23-17)16-13(20)5-4-6-14(16)21/h4-6,9,12H,7-8,10H2,1-3H3/t12-,19?/m0/s1. The Morgan fingerprint density at radius 1 is 1.21 bits per heavy atom. The average molecular weight is 330 g/mol. The molecule has 0 saturated heterocycles. The molecule has 2 aromatic rings. The van der Waals surface area contributed by atoms with Gasteiger partial charge in [0.25, 0.3) is 0 Å². The van der Waals surface area contributed by atoms with E-state index in [4.69, 9.17) is 4.74 Å². The van der Waals surface area contributed by atoms with Gasteiger partial charge in [0.2, 0.25) is 0 Å². The molecule has 0 N–H and O–H groups in total. The molecule has 0 aliphatic heterocycles. The Bertz CT molecular complexity index is 801. The summed E-state index contributed by atoms with van der Waals surface area (Å²) in [6, 6.07) is 5.67. The predicted molar refractivity (Wildman–Crippen MR) is 86.7 cm³/mol. The van der Waals surface area contributed by atoms with Crippen LogP contribution in [0.5, 0.6) is 0 Å². The fourth-order valence-electron chi connectivity index (χ4n) is 4.86. The van der Waals surface area contributed by atoms with Crippen molar-refractivity contribution < 1.29 is 13.5 Å². The monoisotopic (exact) mass is 330 g/mol. The van der Waals surface area contributed by atoms with Crippen molar-refractivity contribution in [2.75, 3.05) is 13.7 Å². The number of halogens is 2. The third-order valence-electron chi connectivity index (χ3n) is 6.23. The molecule has 0 spiro atoms. The van der Waals surface area contributed by atoms with Gasteiger partial charge in [-0.1, -0.05) is 19.9 Å². The number of hydrogen-bond donors (Lipinski definition) is 0. The van der Waals surface area contributed by atoms with Gasteiger partial charge in [0, 0.05) is 12.5 Å². The van der Waals surface area contributed by atoms with Gasteiger partial charge in [0.15, 0.2) is 0 Å². The molecule has 4 rings (SSSR count). The van der Waals surface area contributed by atoms with Crippen molar-refractivity contribution in [3.05, 3.63) is 47.2 Å². The first-order valence-electron chi connectivity index (χ1n) is 8.24. The van der Waals surface area contributed by atoms with E-state index < -0.39 is 11.6 Å². The van der Waals surface area contributed by atoms with Crippen molar-refractivity contribution in [1.82, 2.24) is 10.2 Å². The number of methoxy groups -OCH3 is 1. The Balaban J connectivity index is 1.89. The zero-order valence-electron chi connectivity index (χ0n) is 14.1. The minimum absolute atomic E-state index is 0.00752. The first-order valence-corrected chi connectivity index (χ1v) is 8.24. The summed E-state index contributed by atoms with van der Waals surface area (Å²) < 4.78 is 33.7. The smallest absolute Gasteiger partial charge is 0.135 e. The predicted octanol–water partition coefficient (Wildman–Crippen LogP) is 4.22. The molecule has 1 aromatic heterocycles. The summed E-state index contributed by atoms with van der Waals surface area (Å²) in [6.45, 7) is 5.05. The third-order valence-corrected chi connectivity index (χ3v) is 6.23. The van der Waals surface area contributed by atoms with Crippen LogP contribution in [0.2, 0.25) is 0 Å². The lowest BCUT2D eigenvalue weighted by molar-refractivity contribution is 0.0714. The molecule has 1 unspecified atom stereocenters. The second-order valence-corrected chi connectivity index (χ2v) is 7.46. The van der Waals surface area contributed by atoms with Crippen molar-refractivity contribution in [3.63, 3.8) is 0 Å². The van der Waals surface area contributed by atoms with Gasteiger partial charge in [0.05, 0.1) is 23.6 Å². The molecule has 2 atom stereocenters. The number of rotatable bonds is 3. The highest BCUT2D eigenvalue weighted by atomic mass is 19.1. The lowest BCUT2D eigenvalue weighted by Crippen LogP contribution is -2.39. The van der Waals surface area contributed by atoms with E-state index in [0.29, 0.717) is 12.5 Å². The summed E-state index contributed by atoms with van der Waals surface area (Å²) in [5, 5.41) is 8.59. The van der Waals surface area contributed by atoms with Crippen LogP contribution in [0.25, 0.3) is 11.3 Å². The van der Waals surface area contributed by atoms with Crippen LogP contribution in [0.3, 0.4) is 0 Å². The van der Waals surface area contributed by atoms with Gasteiger partial charge < -0.3 is 4.74 Å². The molecule has 1 saturated carbocycles. The zero-order valence-corrected chi connectivity index (χ0v) is 14.1. The van der Waals surface area contributed by atoms with Crippen LogP contribution in [-0.2, 0) is 10.2 Å². The highest BCUT2D eigenvalue weighted by molar-refractivity contribution is 5.63. The Morgan fingerprint density at radius 3 is 2.58 bits per heavy atom. The molecule has 126 valence electrons. The van der Waals surface area contributed by atoms with Crippen LogP contribution < -0.4 is 0 Å². The van der Waals surface area contributed by atoms with Crippen molar-refractivity contribution in [3.8, 4) is 11.3 Å². The van der Waals surface area contributed by atoms with Gasteiger partial charge in [-0.25, -0.2) is 8.78 Å². The third kappa shape index (κ3) is 1.79. The summed E-state index contributed by atoms with van der Waals surface area (Å²) in [5.74, 6) is -0.914. The van der Waals surface area contributed by atoms with Crippen LogP contribution in [0.1, 0.15) is 43.9 Å². The number of aromatic nitrogens is 2. The fraction of sp³-hybridized carbons (Fsp3) is 0.474. The number of nitrogens with zero attached hydrogens (tertiary/aromatic N) is 2. The summed E-state index contributed by atoms with van der Waals surface area (Å²) in [6.07, 6.45) is 2.04. The van der Waals surface area contributed by atoms with Crippen LogP contribution in [0.4, 0.5) is 8.78 Å². The summed E-state index contributed by atoms with van der Waals surface area (Å²) >= 11 is 0. The minimum Gasteiger partial charge on any atom is -0.384 e. The SMILES string of the molecule is COCC12CC[C@@H](c3cc(-c4c(F)cccc4F)nnc31)C2(C)C. The highest BCUT2D eigenvalue weighted by Crippen LogP contribution is 2.67. The summed E-state index contributed by atoms with van der Waals surface area (Å²) in [5.41, 5.74) is 1.99. The maximum Gasteiger partial charge on any atom is 0.135 e. The van der Waals surface area contributed by atoms with E-state index in [1.807, 2.05) is 6.07 Å². The molecular formula is C19H20F2N2O. The van der Waals surface area contributed by atoms with Gasteiger partial charge in [-0.2, -0.15) is 10.2 Å². The van der Waals surface area contributed by atoms with Crippen molar-refractivity contribution in [1.29, 1.82) is 0 Å². The second-order valence-electron chi connectivity index (χ2n) is 7.46. The van der Waals surface area contributed by atoms with Gasteiger partial charge in [-0.05, 0) is 47.9 Å². The number of fused-ring (bicyclic) bond motifs is 5. The van der Waals surface area contributed by atoms with E-state index >= 15 is 0 Å². The van der Waals surface area contributed by atoms with Crippen molar-refractivity contribution in [2.45, 2.75) is 38.0 Å². The molecule has 1 fully saturated rings. The van der Waals surface area contributed by atoms with Gasteiger partial charge in [-0.3, -0.25) is 0 Å². The normalized spacial score (nSPS) is 26.6. The van der Waals surface area contributed by atoms with Crippen LogP contribution in [0, 0.1) is 17.0 Å². The molecule has 2 aliphatic rings. The molecule has 2 bridgehead atoms. The van der Waals surface area contributed by atoms with E-state index in [1.54, 1.807) is 7.11 Å². The molecule has 24 heavy (non-hydrogen) atoms. The minimum atomic E-state index is -0.613. The lowest BCUT2D eigenvalue weighted by Gasteiger charge is -2.37. The van der Waals surface area contributed by atoms with Crippen LogP contribution >= 0.6 is 0 Å². The average Bonchev–Trinajstić information content (AvgIpc) is 2.89. The molecule has 1 heterocycles. The topological polar surface area (TPSA) is 35.0 Å². The Kier molecular flexibility index (Phi) is 3.29. The second kappa shape index (κ2) is 5.06. The Hall–Kier alpha value is -1.88. The van der Waals surface area contributed by atoms with Gasteiger partial charge in [-0.15, -0.1) is 0 Å². The van der Waals surface area contributed by atoms with Crippen LogP contribution in [0.15, 0.2) is 24.3 Å². The van der Waals surface area contributed by atoms with E-state index in [0.717, 1.165) is 24.1 Å². The molecule has 2 aliphatic carbocycles. The molecular weight excluding hydrogens is 310 g/mol. The van der Waals surface area contributed by atoms with E-state index in [2.05, 4.69) is 24.0 Å². The summed E-state index contributed by atoms with van der Waals surface area (Å²) in [7, 11) is 1.70. The molecule has 5 heteroatoms. The quantitative estimate of drug-likeness (QED) is 0.845. The molecule has 3 nitrogen and oxygen atoms in total. The maximum absolute atomic E-state index is 14.1. The largest absolute Gasteiger partial charge is 0.384 e. The van der Waals surface area contributed by atoms with Gasteiger partial charge in [0.1, 0.15) is 11.6 Å². The van der Waals surface area contributed by atoms with Crippen molar-refractivity contribution in [2.24, 2.45) is 5.41 Å². The first-order chi connectivity index (χ1) is 11.4. The maximum atomic E-state index is 14.1. The zero-order chi connectivity index (χ0) is 17.1. The molecule has 1 aromatic carbocycles. The number of benzene rings is 1. The van der Waals surface area contributed by atoms with Gasteiger partial charge >= 0.3 is 0 Å². The van der Waals surface area contributed by atoms with E-state index in [1.165, 1.54) is 18.2 Å². The molecule has 0 radical (unpaired) electrons. The van der Waals surface area contributed by atoms with Crippen molar-refractivity contribution >= 4 is 0 Å². The first kappa shape index (κ1) is 15.6. The fourth-order valence-corrected chi connectivity index (χ4v) is 4.86. The number of ether oxygens (including phenoxy) is 1. The van der Waals surface area contributed by atoms with E-state index in [-0.39, 0.29) is 22.1 Å². The number of hydrogen-bond acceptors (Lipinski definition) is 3. The Labute approximate surface area is 140 Å².